The summed E-state index contributed by atoms with van der Waals surface area (Å²) in [6.07, 6.45) is 1.11. The smallest absolute Gasteiger partial charge is 0.492 e. The molecular formula is C27H29N3O8S. The van der Waals surface area contributed by atoms with Crippen LogP contribution in [0, 0.1) is 0 Å². The van der Waals surface area contributed by atoms with E-state index in [4.69, 9.17) is 14.2 Å². The number of sulfonamides is 1. The van der Waals surface area contributed by atoms with Crippen molar-refractivity contribution in [3.8, 4) is 11.6 Å². The van der Waals surface area contributed by atoms with Crippen LogP contribution >= 0.6 is 0 Å². The first kappa shape index (κ1) is 29.1. The van der Waals surface area contributed by atoms with Gasteiger partial charge in [-0.3, -0.25) is 9.59 Å². The van der Waals surface area contributed by atoms with Gasteiger partial charge in [-0.05, 0) is 49.2 Å². The Morgan fingerprint density at radius 2 is 1.64 bits per heavy atom. The van der Waals surface area contributed by atoms with Gasteiger partial charge in [-0.1, -0.05) is 38.1 Å². The third-order valence-electron chi connectivity index (χ3n) is 5.39. The van der Waals surface area contributed by atoms with Crippen LogP contribution in [0.5, 0.6) is 11.6 Å². The van der Waals surface area contributed by atoms with Crippen molar-refractivity contribution in [2.24, 2.45) is 0 Å². The van der Waals surface area contributed by atoms with E-state index in [2.05, 4.69) is 10.3 Å². The number of carbonyl (C=O) groups excluding carboxylic acids is 3. The third kappa shape index (κ3) is 8.82. The molecule has 0 aliphatic carbocycles. The van der Waals surface area contributed by atoms with Crippen LogP contribution < -0.4 is 19.5 Å². The molecule has 0 atom stereocenters. The molecule has 3 rings (SSSR count). The predicted molar refractivity (Wildman–Crippen MR) is 141 cm³/mol. The van der Waals surface area contributed by atoms with E-state index in [0.29, 0.717) is 18.6 Å². The van der Waals surface area contributed by atoms with Gasteiger partial charge in [0.15, 0.2) is 0 Å². The van der Waals surface area contributed by atoms with Gasteiger partial charge in [0.2, 0.25) is 5.88 Å². The Kier molecular flexibility index (Phi) is 10.4. The summed E-state index contributed by atoms with van der Waals surface area (Å²) in [5.41, 5.74) is 0.0000682. The summed E-state index contributed by atoms with van der Waals surface area (Å²) in [6.45, 7) is 4.16. The fourth-order valence-electron chi connectivity index (χ4n) is 3.27. The first-order valence-corrected chi connectivity index (χ1v) is 13.7. The highest BCUT2D eigenvalue weighted by Crippen LogP contribution is 2.15. The minimum atomic E-state index is -4.31. The molecule has 1 aromatic heterocycles. The molecule has 0 spiro atoms. The number of amides is 2. The standard InChI is InChI=1S/C27H29N3O8S/c1-3-21(4-2)37-27(33)38-24-14-13-20(18-29-24)26(32)30-39(34,35)23-12-8-9-19(17-23)25(31)28-15-16-36-22-10-6-5-7-11-22/h5-14,17-18,21H,3-4,15-16H2,1-2H3,(H,28,31)(H,30,32). The zero-order valence-corrected chi connectivity index (χ0v) is 22.3. The Bertz CT molecular complexity index is 1380. The molecule has 2 N–H and O–H groups in total. The highest BCUT2D eigenvalue weighted by Gasteiger charge is 2.21. The average molecular weight is 556 g/mol. The lowest BCUT2D eigenvalue weighted by molar-refractivity contribution is 0.0538. The van der Waals surface area contributed by atoms with Gasteiger partial charge in [0, 0.05) is 17.8 Å². The number of rotatable bonds is 12. The number of hydrogen-bond acceptors (Lipinski definition) is 9. The third-order valence-corrected chi connectivity index (χ3v) is 6.72. The van der Waals surface area contributed by atoms with Gasteiger partial charge in [-0.15, -0.1) is 0 Å². The maximum atomic E-state index is 12.8. The van der Waals surface area contributed by atoms with Crippen molar-refractivity contribution >= 4 is 28.0 Å². The summed E-state index contributed by atoms with van der Waals surface area (Å²) in [5, 5.41) is 2.65. The molecule has 206 valence electrons. The molecule has 0 fully saturated rings. The molecule has 39 heavy (non-hydrogen) atoms. The molecule has 0 radical (unpaired) electrons. The normalized spacial score (nSPS) is 10.9. The molecule has 12 heteroatoms. The minimum absolute atomic E-state index is 0.0911. The fourth-order valence-corrected chi connectivity index (χ4v) is 4.29. The Morgan fingerprint density at radius 1 is 0.897 bits per heavy atom. The molecule has 0 aliphatic rings. The number of ether oxygens (including phenoxy) is 3. The predicted octanol–water partition coefficient (Wildman–Crippen LogP) is 3.71. The van der Waals surface area contributed by atoms with Gasteiger partial charge in [-0.2, -0.15) is 0 Å². The highest BCUT2D eigenvalue weighted by molar-refractivity contribution is 7.90. The largest absolute Gasteiger partial charge is 0.515 e. The molecule has 0 aliphatic heterocycles. The van der Waals surface area contributed by atoms with E-state index in [9.17, 15) is 22.8 Å². The van der Waals surface area contributed by atoms with Gasteiger partial charge in [0.05, 0.1) is 17.0 Å². The molecule has 1 heterocycles. The van der Waals surface area contributed by atoms with E-state index >= 15 is 0 Å². The van der Waals surface area contributed by atoms with Crippen molar-refractivity contribution < 1.29 is 37.0 Å². The number of para-hydroxylation sites is 1. The molecule has 0 saturated heterocycles. The van der Waals surface area contributed by atoms with Crippen LogP contribution in [0.4, 0.5) is 4.79 Å². The maximum absolute atomic E-state index is 12.8. The number of hydrogen-bond donors (Lipinski definition) is 2. The van der Waals surface area contributed by atoms with Crippen LogP contribution in [0.2, 0.25) is 0 Å². The van der Waals surface area contributed by atoms with Crippen molar-refractivity contribution in [2.45, 2.75) is 37.7 Å². The molecule has 0 saturated carbocycles. The molecule has 0 unspecified atom stereocenters. The van der Waals surface area contributed by atoms with Crippen LogP contribution in [-0.2, 0) is 14.8 Å². The number of carbonyl (C=O) groups is 3. The van der Waals surface area contributed by atoms with Crippen molar-refractivity contribution in [2.75, 3.05) is 13.2 Å². The minimum Gasteiger partial charge on any atom is -0.492 e. The lowest BCUT2D eigenvalue weighted by atomic mass is 10.2. The summed E-state index contributed by atoms with van der Waals surface area (Å²) in [5.74, 6) is -0.912. The number of nitrogens with zero attached hydrogens (tertiary/aromatic N) is 1. The number of pyridine rings is 1. The van der Waals surface area contributed by atoms with E-state index in [1.54, 1.807) is 12.1 Å². The number of nitrogens with one attached hydrogen (secondary N) is 2. The SMILES string of the molecule is CCC(CC)OC(=O)Oc1ccc(C(=O)NS(=O)(=O)c2cccc(C(=O)NCCOc3ccccc3)c2)cn1. The van der Waals surface area contributed by atoms with Crippen molar-refractivity contribution in [1.82, 2.24) is 15.0 Å². The Hall–Kier alpha value is -4.45. The van der Waals surface area contributed by atoms with Gasteiger partial charge >= 0.3 is 6.16 Å². The summed E-state index contributed by atoms with van der Waals surface area (Å²) in [6, 6.07) is 16.8. The molecule has 11 nitrogen and oxygen atoms in total. The molecular weight excluding hydrogens is 526 g/mol. The maximum Gasteiger partial charge on any atom is 0.515 e. The Labute approximate surface area is 226 Å². The monoisotopic (exact) mass is 555 g/mol. The van der Waals surface area contributed by atoms with Gasteiger partial charge < -0.3 is 19.5 Å². The molecule has 3 aromatic rings. The fraction of sp³-hybridized carbons (Fsp3) is 0.259. The number of benzene rings is 2. The summed E-state index contributed by atoms with van der Waals surface area (Å²) in [4.78, 5) is 40.4. The van der Waals surface area contributed by atoms with E-state index in [-0.39, 0.29) is 41.2 Å². The summed E-state index contributed by atoms with van der Waals surface area (Å²) >= 11 is 0. The lowest BCUT2D eigenvalue weighted by Crippen LogP contribution is -2.31. The van der Waals surface area contributed by atoms with Gasteiger partial charge in [0.1, 0.15) is 18.5 Å². The topological polar surface area (TPSA) is 150 Å². The second-order valence-corrected chi connectivity index (χ2v) is 9.86. The first-order chi connectivity index (χ1) is 18.7. The molecule has 2 aromatic carbocycles. The van der Waals surface area contributed by atoms with E-state index in [0.717, 1.165) is 12.3 Å². The summed E-state index contributed by atoms with van der Waals surface area (Å²) in [7, 11) is -4.31. The van der Waals surface area contributed by atoms with Crippen molar-refractivity contribution in [3.63, 3.8) is 0 Å². The molecule has 2 amide bonds. The van der Waals surface area contributed by atoms with Crippen LogP contribution in [0.15, 0.2) is 77.8 Å². The lowest BCUT2D eigenvalue weighted by Gasteiger charge is -2.13. The zero-order chi connectivity index (χ0) is 28.3. The van der Waals surface area contributed by atoms with E-state index in [1.165, 1.54) is 30.3 Å². The Balaban J connectivity index is 1.56. The quantitative estimate of drug-likeness (QED) is 0.252. The van der Waals surface area contributed by atoms with Crippen LogP contribution in [0.1, 0.15) is 47.4 Å². The number of aromatic nitrogens is 1. The molecule has 0 bridgehead atoms. The van der Waals surface area contributed by atoms with Crippen LogP contribution in [0.3, 0.4) is 0 Å². The van der Waals surface area contributed by atoms with Gasteiger partial charge in [0.25, 0.3) is 21.8 Å². The van der Waals surface area contributed by atoms with Crippen LogP contribution in [0.25, 0.3) is 0 Å². The summed E-state index contributed by atoms with van der Waals surface area (Å²) < 4.78 is 43.1. The van der Waals surface area contributed by atoms with Crippen molar-refractivity contribution in [1.29, 1.82) is 0 Å². The van der Waals surface area contributed by atoms with Crippen LogP contribution in [-0.4, -0.2) is 50.6 Å². The average Bonchev–Trinajstić information content (AvgIpc) is 2.94. The van der Waals surface area contributed by atoms with E-state index in [1.807, 2.05) is 36.8 Å². The Morgan fingerprint density at radius 3 is 2.31 bits per heavy atom. The van der Waals surface area contributed by atoms with Gasteiger partial charge in [-0.25, -0.2) is 22.9 Å². The zero-order valence-electron chi connectivity index (χ0n) is 21.5. The first-order valence-electron chi connectivity index (χ1n) is 12.2. The highest BCUT2D eigenvalue weighted by atomic mass is 32.2. The second-order valence-electron chi connectivity index (χ2n) is 8.17. The van der Waals surface area contributed by atoms with Crippen molar-refractivity contribution in [3.05, 3.63) is 84.1 Å². The van der Waals surface area contributed by atoms with E-state index < -0.39 is 28.0 Å². The second kappa shape index (κ2) is 13.9.